The van der Waals surface area contributed by atoms with Gasteiger partial charge in [0.1, 0.15) is 12.3 Å². The molecule has 3 rings (SSSR count). The summed E-state index contributed by atoms with van der Waals surface area (Å²) in [4.78, 5) is 12.4. The predicted octanol–water partition coefficient (Wildman–Crippen LogP) is 4.36. The molecular formula is C20H19NO3. The van der Waals surface area contributed by atoms with Crippen molar-refractivity contribution in [2.75, 3.05) is 0 Å². The molecule has 0 bridgehead atoms. The summed E-state index contributed by atoms with van der Waals surface area (Å²) in [5.41, 5.74) is 1.73. The zero-order valence-electron chi connectivity index (χ0n) is 13.7. The molecule has 0 amide bonds. The number of benzene rings is 2. The first-order chi connectivity index (χ1) is 11.6. The van der Waals surface area contributed by atoms with Crippen LogP contribution in [0.2, 0.25) is 0 Å². The van der Waals surface area contributed by atoms with E-state index in [0.29, 0.717) is 11.5 Å². The fraction of sp³-hybridized carbons (Fsp3) is 0.200. The zero-order valence-corrected chi connectivity index (χ0v) is 13.7. The van der Waals surface area contributed by atoms with E-state index in [2.05, 4.69) is 5.16 Å². The van der Waals surface area contributed by atoms with Crippen molar-refractivity contribution in [3.8, 4) is 11.3 Å². The predicted molar refractivity (Wildman–Crippen MR) is 91.2 cm³/mol. The molecule has 1 heterocycles. The van der Waals surface area contributed by atoms with Crippen molar-refractivity contribution < 1.29 is 14.1 Å². The van der Waals surface area contributed by atoms with E-state index in [1.165, 1.54) is 0 Å². The van der Waals surface area contributed by atoms with Crippen LogP contribution >= 0.6 is 0 Å². The highest BCUT2D eigenvalue weighted by molar-refractivity contribution is 5.82. The van der Waals surface area contributed by atoms with Gasteiger partial charge in [-0.25, -0.2) is 0 Å². The van der Waals surface area contributed by atoms with Gasteiger partial charge in [0.2, 0.25) is 0 Å². The van der Waals surface area contributed by atoms with Crippen LogP contribution in [0.15, 0.2) is 71.3 Å². The molecule has 2 aromatic carbocycles. The third-order valence-electron chi connectivity index (χ3n) is 3.97. The molecule has 0 radical (unpaired) electrons. The van der Waals surface area contributed by atoms with E-state index in [1.54, 1.807) is 6.07 Å². The average molecular weight is 321 g/mol. The number of esters is 1. The third-order valence-corrected chi connectivity index (χ3v) is 3.97. The number of nitrogens with zero attached hydrogens (tertiary/aromatic N) is 1. The number of ether oxygens (including phenoxy) is 1. The summed E-state index contributed by atoms with van der Waals surface area (Å²) in [5, 5.41) is 3.97. The lowest BCUT2D eigenvalue weighted by Crippen LogP contribution is -2.30. The molecule has 4 heteroatoms. The molecular weight excluding hydrogens is 302 g/mol. The molecule has 0 unspecified atom stereocenters. The lowest BCUT2D eigenvalue weighted by atomic mass is 9.85. The van der Waals surface area contributed by atoms with Crippen molar-refractivity contribution in [1.82, 2.24) is 5.16 Å². The maximum atomic E-state index is 12.4. The molecule has 0 saturated heterocycles. The van der Waals surface area contributed by atoms with E-state index in [0.717, 1.165) is 11.1 Å². The number of rotatable bonds is 5. The van der Waals surface area contributed by atoms with E-state index in [-0.39, 0.29) is 12.6 Å². The van der Waals surface area contributed by atoms with Crippen LogP contribution in [0.4, 0.5) is 0 Å². The lowest BCUT2D eigenvalue weighted by molar-refractivity contribution is -0.150. The molecule has 0 spiro atoms. The first-order valence-corrected chi connectivity index (χ1v) is 7.81. The smallest absolute Gasteiger partial charge is 0.316 e. The molecule has 4 nitrogen and oxygen atoms in total. The highest BCUT2D eigenvalue weighted by Gasteiger charge is 2.31. The Balaban J connectivity index is 1.66. The van der Waals surface area contributed by atoms with Gasteiger partial charge in [0, 0.05) is 11.6 Å². The van der Waals surface area contributed by atoms with Crippen LogP contribution in [0.5, 0.6) is 0 Å². The highest BCUT2D eigenvalue weighted by Crippen LogP contribution is 2.25. The van der Waals surface area contributed by atoms with Gasteiger partial charge in [-0.1, -0.05) is 65.8 Å². The summed E-state index contributed by atoms with van der Waals surface area (Å²) in [6, 6.07) is 21.1. The van der Waals surface area contributed by atoms with Gasteiger partial charge in [-0.05, 0) is 19.4 Å². The quantitative estimate of drug-likeness (QED) is 0.655. The fourth-order valence-electron chi connectivity index (χ4n) is 2.41. The molecule has 0 aliphatic carbocycles. The Morgan fingerprint density at radius 3 is 2.33 bits per heavy atom. The van der Waals surface area contributed by atoms with Crippen LogP contribution in [-0.2, 0) is 21.6 Å². The van der Waals surface area contributed by atoms with Crippen LogP contribution in [0.1, 0.15) is 25.1 Å². The van der Waals surface area contributed by atoms with Gasteiger partial charge in [-0.2, -0.15) is 0 Å². The summed E-state index contributed by atoms with van der Waals surface area (Å²) >= 11 is 0. The molecule has 0 aliphatic heterocycles. The number of carbonyl (C=O) groups is 1. The molecule has 1 aromatic heterocycles. The zero-order chi connectivity index (χ0) is 17.0. The Kier molecular flexibility index (Phi) is 4.47. The second-order valence-electron chi connectivity index (χ2n) is 6.12. The Bertz CT molecular complexity index is 807. The number of carbonyl (C=O) groups excluding carboxylic acids is 1. The van der Waals surface area contributed by atoms with Gasteiger partial charge in [-0.15, -0.1) is 0 Å². The first-order valence-electron chi connectivity index (χ1n) is 7.81. The summed E-state index contributed by atoms with van der Waals surface area (Å²) in [6.07, 6.45) is 0. The van der Waals surface area contributed by atoms with Crippen molar-refractivity contribution in [2.45, 2.75) is 25.9 Å². The standard InChI is InChI=1S/C20H19NO3/c1-20(2,16-11-7-4-8-12-16)19(22)23-14-17-13-18(24-21-17)15-9-5-3-6-10-15/h3-13H,14H2,1-2H3. The Labute approximate surface area is 141 Å². The summed E-state index contributed by atoms with van der Waals surface area (Å²) in [5.74, 6) is 0.363. The van der Waals surface area contributed by atoms with Gasteiger partial charge in [-0.3, -0.25) is 4.79 Å². The molecule has 3 aromatic rings. The van der Waals surface area contributed by atoms with Crippen LogP contribution in [0, 0.1) is 0 Å². The second kappa shape index (κ2) is 6.71. The van der Waals surface area contributed by atoms with Gasteiger partial charge in [0.25, 0.3) is 0 Å². The Morgan fingerprint density at radius 1 is 1.04 bits per heavy atom. The average Bonchev–Trinajstić information content (AvgIpc) is 3.10. The van der Waals surface area contributed by atoms with Crippen molar-refractivity contribution in [3.05, 3.63) is 78.0 Å². The monoisotopic (exact) mass is 321 g/mol. The van der Waals surface area contributed by atoms with E-state index < -0.39 is 5.41 Å². The van der Waals surface area contributed by atoms with Gasteiger partial charge < -0.3 is 9.26 Å². The topological polar surface area (TPSA) is 52.3 Å². The van der Waals surface area contributed by atoms with E-state index in [9.17, 15) is 4.79 Å². The normalized spacial score (nSPS) is 11.2. The maximum Gasteiger partial charge on any atom is 0.316 e. The molecule has 0 fully saturated rings. The minimum absolute atomic E-state index is 0.0887. The molecule has 0 saturated carbocycles. The molecule has 0 atom stereocenters. The Morgan fingerprint density at radius 2 is 1.67 bits per heavy atom. The molecule has 0 aliphatic rings. The van der Waals surface area contributed by atoms with Crippen LogP contribution in [-0.4, -0.2) is 11.1 Å². The van der Waals surface area contributed by atoms with Gasteiger partial charge >= 0.3 is 5.97 Å². The number of aromatic nitrogens is 1. The van der Waals surface area contributed by atoms with E-state index >= 15 is 0 Å². The lowest BCUT2D eigenvalue weighted by Gasteiger charge is -2.22. The maximum absolute atomic E-state index is 12.4. The van der Waals surface area contributed by atoms with Crippen molar-refractivity contribution in [1.29, 1.82) is 0 Å². The van der Waals surface area contributed by atoms with E-state index in [4.69, 9.17) is 9.26 Å². The molecule has 122 valence electrons. The van der Waals surface area contributed by atoms with Gasteiger partial charge in [0.15, 0.2) is 5.76 Å². The van der Waals surface area contributed by atoms with Crippen LogP contribution in [0.25, 0.3) is 11.3 Å². The number of hydrogen-bond donors (Lipinski definition) is 0. The minimum Gasteiger partial charge on any atom is -0.458 e. The SMILES string of the molecule is CC(C)(C(=O)OCc1cc(-c2ccccc2)on1)c1ccccc1. The van der Waals surface area contributed by atoms with Crippen LogP contribution < -0.4 is 0 Å². The highest BCUT2D eigenvalue weighted by atomic mass is 16.5. The summed E-state index contributed by atoms with van der Waals surface area (Å²) in [6.45, 7) is 3.79. The summed E-state index contributed by atoms with van der Waals surface area (Å²) < 4.78 is 10.7. The largest absolute Gasteiger partial charge is 0.458 e. The first kappa shape index (κ1) is 16.0. The molecule has 0 N–H and O–H groups in total. The Hall–Kier alpha value is -2.88. The van der Waals surface area contributed by atoms with Crippen molar-refractivity contribution in [2.24, 2.45) is 0 Å². The van der Waals surface area contributed by atoms with Gasteiger partial charge in [0.05, 0.1) is 5.41 Å². The number of hydrogen-bond acceptors (Lipinski definition) is 4. The molecule has 24 heavy (non-hydrogen) atoms. The van der Waals surface area contributed by atoms with Crippen molar-refractivity contribution in [3.63, 3.8) is 0 Å². The third kappa shape index (κ3) is 3.38. The fourth-order valence-corrected chi connectivity index (χ4v) is 2.41. The minimum atomic E-state index is -0.715. The van der Waals surface area contributed by atoms with E-state index in [1.807, 2.05) is 74.5 Å². The van der Waals surface area contributed by atoms with Crippen LogP contribution in [0.3, 0.4) is 0 Å². The summed E-state index contributed by atoms with van der Waals surface area (Å²) in [7, 11) is 0. The second-order valence-corrected chi connectivity index (χ2v) is 6.12. The van der Waals surface area contributed by atoms with Crippen molar-refractivity contribution >= 4 is 5.97 Å².